The van der Waals surface area contributed by atoms with Crippen LogP contribution in [-0.4, -0.2) is 20.5 Å². The summed E-state index contributed by atoms with van der Waals surface area (Å²) >= 11 is 0. The molecular formula is C12H15N3O4S. The molecule has 0 spiro atoms. The van der Waals surface area contributed by atoms with E-state index in [0.717, 1.165) is 5.56 Å². The van der Waals surface area contributed by atoms with Gasteiger partial charge in [-0.1, -0.05) is 0 Å². The van der Waals surface area contributed by atoms with E-state index in [1.165, 1.54) is 19.2 Å². The zero-order valence-corrected chi connectivity index (χ0v) is 11.7. The number of ether oxygens (including phenoxy) is 1. The highest BCUT2D eigenvalue weighted by atomic mass is 32.2. The fourth-order valence-corrected chi connectivity index (χ4v) is 2.50. The molecule has 0 aliphatic heterocycles. The zero-order chi connectivity index (χ0) is 14.6. The second-order valence-electron chi connectivity index (χ2n) is 3.96. The van der Waals surface area contributed by atoms with Crippen molar-refractivity contribution in [3.05, 3.63) is 41.8 Å². The van der Waals surface area contributed by atoms with Crippen LogP contribution in [0.15, 0.2) is 40.0 Å². The van der Waals surface area contributed by atoms with E-state index in [9.17, 15) is 8.42 Å². The molecule has 0 atom stereocenters. The van der Waals surface area contributed by atoms with Gasteiger partial charge in [-0.15, -0.1) is 0 Å². The van der Waals surface area contributed by atoms with Crippen LogP contribution in [0, 0.1) is 0 Å². The Labute approximate surface area is 116 Å². The third kappa shape index (κ3) is 3.35. The average molecular weight is 297 g/mol. The number of rotatable bonds is 6. The Bertz CT molecular complexity index is 682. The van der Waals surface area contributed by atoms with Gasteiger partial charge in [0.2, 0.25) is 11.0 Å². The van der Waals surface area contributed by atoms with Gasteiger partial charge in [0.1, 0.15) is 5.76 Å². The zero-order valence-electron chi connectivity index (χ0n) is 10.9. The van der Waals surface area contributed by atoms with Crippen LogP contribution in [0.4, 0.5) is 0 Å². The number of methoxy groups -OCH3 is 1. The molecular weight excluding hydrogens is 282 g/mol. The monoisotopic (exact) mass is 297 g/mol. The lowest BCUT2D eigenvalue weighted by Crippen LogP contribution is -2.22. The molecule has 2 aromatic rings. The second-order valence-corrected chi connectivity index (χ2v) is 5.65. The van der Waals surface area contributed by atoms with E-state index in [-0.39, 0.29) is 18.2 Å². The lowest BCUT2D eigenvalue weighted by atomic mass is 10.3. The van der Waals surface area contributed by atoms with Crippen LogP contribution in [0.3, 0.4) is 0 Å². The summed E-state index contributed by atoms with van der Waals surface area (Å²) in [6, 6.07) is 6.25. The van der Waals surface area contributed by atoms with Gasteiger partial charge in [-0.3, -0.25) is 0 Å². The molecule has 2 heterocycles. The van der Waals surface area contributed by atoms with Gasteiger partial charge < -0.3 is 14.9 Å². The topological polar surface area (TPSA) is 107 Å². The van der Waals surface area contributed by atoms with Crippen LogP contribution in [0.1, 0.15) is 11.3 Å². The number of hydrogen-bond donors (Lipinski definition) is 2. The van der Waals surface area contributed by atoms with Gasteiger partial charge in [0.05, 0.1) is 13.7 Å². The SMILES string of the molecule is COc1cc(CNS(=O)(=O)c2ccc(CN)o2)ccn1. The molecule has 0 aliphatic rings. The summed E-state index contributed by atoms with van der Waals surface area (Å²) in [6.07, 6.45) is 1.54. The lowest BCUT2D eigenvalue weighted by molar-refractivity contribution is 0.397. The number of nitrogens with two attached hydrogens (primary N) is 1. The first-order valence-corrected chi connectivity index (χ1v) is 7.31. The summed E-state index contributed by atoms with van der Waals surface area (Å²) in [5, 5.41) is -0.154. The highest BCUT2D eigenvalue weighted by Crippen LogP contribution is 2.14. The largest absolute Gasteiger partial charge is 0.481 e. The predicted molar refractivity (Wildman–Crippen MR) is 71.4 cm³/mol. The molecule has 0 amide bonds. The van der Waals surface area contributed by atoms with E-state index in [4.69, 9.17) is 14.9 Å². The van der Waals surface area contributed by atoms with E-state index >= 15 is 0 Å². The summed E-state index contributed by atoms with van der Waals surface area (Å²) in [7, 11) is -2.21. The van der Waals surface area contributed by atoms with Crippen molar-refractivity contribution in [2.45, 2.75) is 18.2 Å². The Morgan fingerprint density at radius 3 is 2.85 bits per heavy atom. The van der Waals surface area contributed by atoms with Gasteiger partial charge in [0.25, 0.3) is 10.0 Å². The number of pyridine rings is 1. The standard InChI is InChI=1S/C12H15N3O4S/c1-18-11-6-9(4-5-14-11)8-15-20(16,17)12-3-2-10(7-13)19-12/h2-6,15H,7-8,13H2,1H3. The molecule has 0 bridgehead atoms. The Balaban J connectivity index is 2.08. The molecule has 0 saturated carbocycles. The first-order valence-electron chi connectivity index (χ1n) is 5.82. The van der Waals surface area contributed by atoms with Crippen molar-refractivity contribution < 1.29 is 17.6 Å². The van der Waals surface area contributed by atoms with Crippen LogP contribution in [0.25, 0.3) is 0 Å². The fraction of sp³-hybridized carbons (Fsp3) is 0.250. The van der Waals surface area contributed by atoms with Crippen LogP contribution < -0.4 is 15.2 Å². The lowest BCUT2D eigenvalue weighted by Gasteiger charge is -2.05. The molecule has 0 fully saturated rings. The molecule has 0 unspecified atom stereocenters. The van der Waals surface area contributed by atoms with Crippen molar-refractivity contribution in [2.75, 3.05) is 7.11 Å². The molecule has 0 aromatic carbocycles. The minimum absolute atomic E-state index is 0.111. The number of nitrogens with zero attached hydrogens (tertiary/aromatic N) is 1. The van der Waals surface area contributed by atoms with Gasteiger partial charge in [0, 0.05) is 18.8 Å². The summed E-state index contributed by atoms with van der Waals surface area (Å²) in [5.41, 5.74) is 6.10. The van der Waals surface area contributed by atoms with Crippen LogP contribution in [0.5, 0.6) is 5.88 Å². The number of furan rings is 1. The average Bonchev–Trinajstić information content (AvgIpc) is 2.95. The first-order chi connectivity index (χ1) is 9.55. The maximum absolute atomic E-state index is 12.0. The van der Waals surface area contributed by atoms with Crippen LogP contribution >= 0.6 is 0 Å². The minimum atomic E-state index is -3.70. The Morgan fingerprint density at radius 1 is 1.40 bits per heavy atom. The molecule has 2 rings (SSSR count). The maximum Gasteiger partial charge on any atom is 0.274 e. The number of nitrogens with one attached hydrogen (secondary N) is 1. The number of sulfonamides is 1. The quantitative estimate of drug-likeness (QED) is 0.809. The van der Waals surface area contributed by atoms with E-state index in [1.807, 2.05) is 0 Å². The Kier molecular flexibility index (Phi) is 4.38. The van der Waals surface area contributed by atoms with Crippen molar-refractivity contribution in [3.8, 4) is 5.88 Å². The molecule has 0 saturated heterocycles. The maximum atomic E-state index is 12.0. The molecule has 2 aromatic heterocycles. The third-order valence-corrected chi connectivity index (χ3v) is 3.85. The Hall–Kier alpha value is -1.90. The minimum Gasteiger partial charge on any atom is -0.481 e. The van der Waals surface area contributed by atoms with E-state index in [2.05, 4.69) is 9.71 Å². The van der Waals surface area contributed by atoms with Crippen molar-refractivity contribution in [3.63, 3.8) is 0 Å². The highest BCUT2D eigenvalue weighted by Gasteiger charge is 2.18. The first kappa shape index (κ1) is 14.5. The smallest absolute Gasteiger partial charge is 0.274 e. The van der Waals surface area contributed by atoms with Crippen molar-refractivity contribution in [1.82, 2.24) is 9.71 Å². The van der Waals surface area contributed by atoms with Crippen molar-refractivity contribution in [2.24, 2.45) is 5.73 Å². The molecule has 7 nitrogen and oxygen atoms in total. The molecule has 0 radical (unpaired) electrons. The predicted octanol–water partition coefficient (Wildman–Crippen LogP) is 0.620. The molecule has 0 aliphatic carbocycles. The summed E-state index contributed by atoms with van der Waals surface area (Å²) in [6.45, 7) is 0.261. The van der Waals surface area contributed by atoms with Gasteiger partial charge >= 0.3 is 0 Å². The van der Waals surface area contributed by atoms with Gasteiger partial charge in [-0.25, -0.2) is 18.1 Å². The van der Waals surface area contributed by atoms with Gasteiger partial charge in [0.15, 0.2) is 0 Å². The van der Waals surface area contributed by atoms with Gasteiger partial charge in [-0.05, 0) is 23.8 Å². The summed E-state index contributed by atoms with van der Waals surface area (Å²) in [5.74, 6) is 0.834. The molecule has 20 heavy (non-hydrogen) atoms. The fourth-order valence-electron chi connectivity index (χ4n) is 1.53. The summed E-state index contributed by atoms with van der Waals surface area (Å²) < 4.78 is 36.5. The molecule has 8 heteroatoms. The van der Waals surface area contributed by atoms with Crippen LogP contribution in [0.2, 0.25) is 0 Å². The highest BCUT2D eigenvalue weighted by molar-refractivity contribution is 7.89. The molecule has 108 valence electrons. The second kappa shape index (κ2) is 6.04. The number of hydrogen-bond acceptors (Lipinski definition) is 6. The van der Waals surface area contributed by atoms with E-state index in [0.29, 0.717) is 11.6 Å². The van der Waals surface area contributed by atoms with Crippen LogP contribution in [-0.2, 0) is 23.1 Å². The van der Waals surface area contributed by atoms with E-state index in [1.54, 1.807) is 18.3 Å². The summed E-state index contributed by atoms with van der Waals surface area (Å²) in [4.78, 5) is 3.94. The normalized spacial score (nSPS) is 11.5. The van der Waals surface area contributed by atoms with Gasteiger partial charge in [-0.2, -0.15) is 0 Å². The van der Waals surface area contributed by atoms with Crippen molar-refractivity contribution >= 4 is 10.0 Å². The van der Waals surface area contributed by atoms with Crippen molar-refractivity contribution in [1.29, 1.82) is 0 Å². The Morgan fingerprint density at radius 2 is 2.20 bits per heavy atom. The number of aromatic nitrogens is 1. The third-order valence-electron chi connectivity index (χ3n) is 2.58. The van der Waals surface area contributed by atoms with E-state index < -0.39 is 10.0 Å². The molecule has 3 N–H and O–H groups in total.